The van der Waals surface area contributed by atoms with Crippen LogP contribution in [-0.4, -0.2) is 32.8 Å². The molecular weight excluding hydrogens is 454 g/mol. The highest BCUT2D eigenvalue weighted by atomic mass is 16.5. The number of anilines is 1. The molecule has 0 spiro atoms. The average molecular weight is 484 g/mol. The summed E-state index contributed by atoms with van der Waals surface area (Å²) in [5.74, 6) is 2.98. The summed E-state index contributed by atoms with van der Waals surface area (Å²) >= 11 is 0. The first kappa shape index (κ1) is 23.5. The molecule has 2 aromatic carbocycles. The number of aromatic nitrogens is 4. The lowest BCUT2D eigenvalue weighted by atomic mass is 9.94. The molecule has 0 saturated heterocycles. The molecule has 2 aromatic heterocycles. The van der Waals surface area contributed by atoms with Crippen LogP contribution in [0.1, 0.15) is 41.2 Å². The molecule has 5 rings (SSSR count). The summed E-state index contributed by atoms with van der Waals surface area (Å²) in [4.78, 5) is 22.1. The number of carbonyl (C=O) groups is 1. The van der Waals surface area contributed by atoms with Gasteiger partial charge in [-0.05, 0) is 76.4 Å². The Morgan fingerprint density at radius 1 is 1.00 bits per heavy atom. The minimum absolute atomic E-state index is 0.0306. The van der Waals surface area contributed by atoms with Gasteiger partial charge in [-0.25, -0.2) is 9.67 Å². The molecule has 1 fully saturated rings. The molecule has 4 aromatic rings. The second-order valence-corrected chi connectivity index (χ2v) is 9.18. The monoisotopic (exact) mass is 483 g/mol. The van der Waals surface area contributed by atoms with Gasteiger partial charge in [0.15, 0.2) is 5.82 Å². The summed E-state index contributed by atoms with van der Waals surface area (Å²) in [6.45, 7) is 7.86. The fraction of sp³-hybridized carbons (Fsp3) is 0.286. The molecular formula is C28H29N5O3. The Morgan fingerprint density at radius 3 is 2.36 bits per heavy atom. The molecule has 0 unspecified atom stereocenters. The number of amides is 1. The van der Waals surface area contributed by atoms with Gasteiger partial charge in [-0.3, -0.25) is 4.79 Å². The number of para-hydroxylation sites is 1. The summed E-state index contributed by atoms with van der Waals surface area (Å²) in [5, 5.41) is 7.64. The molecule has 8 heteroatoms. The largest absolute Gasteiger partial charge is 0.496 e. The van der Waals surface area contributed by atoms with Crippen LogP contribution in [-0.2, 0) is 10.2 Å². The van der Waals surface area contributed by atoms with E-state index < -0.39 is 5.41 Å². The highest BCUT2D eigenvalue weighted by Gasteiger charge is 2.52. The van der Waals surface area contributed by atoms with Crippen molar-refractivity contribution < 1.29 is 14.3 Å². The lowest BCUT2D eigenvalue weighted by Crippen LogP contribution is -2.28. The van der Waals surface area contributed by atoms with Crippen LogP contribution in [0.4, 0.5) is 5.69 Å². The van der Waals surface area contributed by atoms with E-state index in [1.807, 2.05) is 76.2 Å². The minimum Gasteiger partial charge on any atom is -0.496 e. The predicted octanol–water partition coefficient (Wildman–Crippen LogP) is 5.37. The average Bonchev–Trinajstić information content (AvgIpc) is 3.64. The van der Waals surface area contributed by atoms with Gasteiger partial charge in [0.05, 0.1) is 18.2 Å². The fourth-order valence-corrected chi connectivity index (χ4v) is 4.39. The zero-order valence-electron chi connectivity index (χ0n) is 21.1. The van der Waals surface area contributed by atoms with Crippen molar-refractivity contribution in [3.05, 3.63) is 82.9 Å². The predicted molar refractivity (Wildman–Crippen MR) is 137 cm³/mol. The van der Waals surface area contributed by atoms with Gasteiger partial charge in [0.1, 0.15) is 17.3 Å². The van der Waals surface area contributed by atoms with Crippen molar-refractivity contribution in [2.24, 2.45) is 0 Å². The van der Waals surface area contributed by atoms with Crippen LogP contribution in [0.15, 0.2) is 54.6 Å². The Hall–Kier alpha value is -4.20. The Balaban J connectivity index is 1.31. The lowest BCUT2D eigenvalue weighted by Gasteiger charge is -2.18. The number of hydrogen-bond acceptors (Lipinski definition) is 6. The minimum atomic E-state index is -0.544. The Morgan fingerprint density at radius 2 is 1.72 bits per heavy atom. The van der Waals surface area contributed by atoms with Crippen molar-refractivity contribution >= 4 is 11.6 Å². The molecule has 2 heterocycles. The number of nitrogens with zero attached hydrogens (tertiary/aromatic N) is 4. The van der Waals surface area contributed by atoms with Gasteiger partial charge in [-0.15, -0.1) is 0 Å². The highest BCUT2D eigenvalue weighted by Crippen LogP contribution is 2.52. The summed E-state index contributed by atoms with van der Waals surface area (Å²) < 4.78 is 13.3. The topological polar surface area (TPSA) is 91.2 Å². The molecule has 0 radical (unpaired) electrons. The second-order valence-electron chi connectivity index (χ2n) is 9.18. The van der Waals surface area contributed by atoms with Gasteiger partial charge in [0.25, 0.3) is 0 Å². The molecule has 184 valence electrons. The normalized spacial score (nSPS) is 13.8. The first-order valence-corrected chi connectivity index (χ1v) is 11.9. The molecule has 1 amide bonds. The van der Waals surface area contributed by atoms with Crippen LogP contribution in [0.3, 0.4) is 0 Å². The van der Waals surface area contributed by atoms with E-state index in [-0.39, 0.29) is 5.91 Å². The van der Waals surface area contributed by atoms with E-state index in [1.54, 1.807) is 17.9 Å². The quantitative estimate of drug-likeness (QED) is 0.380. The van der Waals surface area contributed by atoms with Gasteiger partial charge in [0.2, 0.25) is 11.8 Å². The maximum Gasteiger partial charge on any atom is 0.235 e. The number of rotatable bonds is 7. The number of methoxy groups -OCH3 is 1. The molecule has 1 N–H and O–H groups in total. The van der Waals surface area contributed by atoms with Gasteiger partial charge >= 0.3 is 0 Å². The first-order valence-electron chi connectivity index (χ1n) is 11.9. The lowest BCUT2D eigenvalue weighted by molar-refractivity contribution is -0.118. The molecule has 0 aliphatic heterocycles. The number of carbonyl (C=O) groups excluding carboxylic acids is 1. The third kappa shape index (κ3) is 4.30. The number of ether oxygens (including phenoxy) is 2. The molecule has 0 atom stereocenters. The molecule has 1 saturated carbocycles. The summed E-state index contributed by atoms with van der Waals surface area (Å²) in [6.07, 6.45) is 1.59. The summed E-state index contributed by atoms with van der Waals surface area (Å²) in [7, 11) is 1.63. The van der Waals surface area contributed by atoms with Crippen molar-refractivity contribution in [3.63, 3.8) is 0 Å². The highest BCUT2D eigenvalue weighted by molar-refractivity contribution is 6.01. The van der Waals surface area contributed by atoms with E-state index in [0.717, 1.165) is 41.1 Å². The maximum atomic E-state index is 13.2. The Labute approximate surface area is 210 Å². The van der Waals surface area contributed by atoms with Crippen LogP contribution < -0.4 is 14.8 Å². The maximum absolute atomic E-state index is 13.2. The summed E-state index contributed by atoms with van der Waals surface area (Å²) in [5.41, 5.74) is 4.20. The molecule has 1 aliphatic rings. The van der Waals surface area contributed by atoms with Crippen LogP contribution in [0.25, 0.3) is 5.82 Å². The van der Waals surface area contributed by atoms with Gasteiger partial charge in [-0.1, -0.05) is 18.2 Å². The van der Waals surface area contributed by atoms with E-state index >= 15 is 0 Å². The molecule has 1 aliphatic carbocycles. The Bertz CT molecular complexity index is 1440. The third-order valence-electron chi connectivity index (χ3n) is 6.81. The third-order valence-corrected chi connectivity index (χ3v) is 6.81. The fourth-order valence-electron chi connectivity index (χ4n) is 4.39. The SMILES string of the molecule is COc1ccccc1C1(C(=O)Nc2ccc(Oc3cc(-n4nc(C)c(C)c4C)nc(C)n3)cc2)CC1. The molecule has 0 bridgehead atoms. The second kappa shape index (κ2) is 9.11. The molecule has 8 nitrogen and oxygen atoms in total. The van der Waals surface area contributed by atoms with Gasteiger partial charge < -0.3 is 14.8 Å². The van der Waals surface area contributed by atoms with E-state index in [9.17, 15) is 4.79 Å². The number of nitrogens with one attached hydrogen (secondary N) is 1. The van der Waals surface area contributed by atoms with E-state index in [4.69, 9.17) is 9.47 Å². The summed E-state index contributed by atoms with van der Waals surface area (Å²) in [6, 6.07) is 16.7. The van der Waals surface area contributed by atoms with Gasteiger partial charge in [-0.2, -0.15) is 10.1 Å². The van der Waals surface area contributed by atoms with Crippen LogP contribution in [0.2, 0.25) is 0 Å². The van der Waals surface area contributed by atoms with Crippen molar-refractivity contribution in [1.82, 2.24) is 19.7 Å². The van der Waals surface area contributed by atoms with Crippen LogP contribution >= 0.6 is 0 Å². The van der Waals surface area contributed by atoms with Crippen molar-refractivity contribution in [1.29, 1.82) is 0 Å². The van der Waals surface area contributed by atoms with Crippen molar-refractivity contribution in [2.75, 3.05) is 12.4 Å². The van der Waals surface area contributed by atoms with E-state index in [1.165, 1.54) is 0 Å². The number of hydrogen-bond donors (Lipinski definition) is 1. The molecule has 36 heavy (non-hydrogen) atoms. The standard InChI is InChI=1S/C28H29N5O3/c1-17-18(2)32-33(19(17)3)25-16-26(30-20(4)29-25)36-22-12-10-21(11-13-22)31-27(34)28(14-15-28)23-8-6-7-9-24(23)35-5/h6-13,16H,14-15H2,1-5H3,(H,31,34). The smallest absolute Gasteiger partial charge is 0.235 e. The van der Waals surface area contributed by atoms with Crippen LogP contribution in [0, 0.1) is 27.7 Å². The zero-order valence-corrected chi connectivity index (χ0v) is 21.1. The van der Waals surface area contributed by atoms with Crippen LogP contribution in [0.5, 0.6) is 17.4 Å². The van der Waals surface area contributed by atoms with Gasteiger partial charge in [0, 0.05) is 23.0 Å². The number of benzene rings is 2. The Kier molecular flexibility index (Phi) is 5.96. The van der Waals surface area contributed by atoms with Crippen molar-refractivity contribution in [3.8, 4) is 23.2 Å². The number of aryl methyl sites for hydroxylation is 2. The van der Waals surface area contributed by atoms with Crippen molar-refractivity contribution in [2.45, 2.75) is 46.0 Å². The van der Waals surface area contributed by atoms with E-state index in [2.05, 4.69) is 20.4 Å². The first-order chi connectivity index (χ1) is 17.3. The zero-order chi connectivity index (χ0) is 25.4. The van der Waals surface area contributed by atoms with E-state index in [0.29, 0.717) is 29.0 Å².